The van der Waals surface area contributed by atoms with Crippen molar-refractivity contribution in [3.63, 3.8) is 0 Å². The summed E-state index contributed by atoms with van der Waals surface area (Å²) in [5.74, 6) is -0.769. The maximum atomic E-state index is 12.8. The van der Waals surface area contributed by atoms with Gasteiger partial charge in [0.15, 0.2) is 0 Å². The van der Waals surface area contributed by atoms with Crippen molar-refractivity contribution in [3.8, 4) is 0 Å². The Balaban J connectivity index is 2.03. The Bertz CT molecular complexity index is 718. The molecule has 1 fully saturated rings. The first-order valence-electron chi connectivity index (χ1n) is 9.88. The molecule has 1 saturated heterocycles. The van der Waals surface area contributed by atoms with E-state index in [9.17, 15) is 14.4 Å². The fourth-order valence-corrected chi connectivity index (χ4v) is 3.23. The second-order valence-corrected chi connectivity index (χ2v) is 7.49. The van der Waals surface area contributed by atoms with Crippen LogP contribution in [0.2, 0.25) is 0 Å². The average Bonchev–Trinajstić information content (AvgIpc) is 2.66. The molecule has 1 heterocycles. The van der Waals surface area contributed by atoms with Crippen molar-refractivity contribution in [1.82, 2.24) is 10.2 Å². The molecule has 0 bridgehead atoms. The Morgan fingerprint density at radius 3 is 2.79 bits per heavy atom. The number of esters is 1. The summed E-state index contributed by atoms with van der Waals surface area (Å²) in [6.45, 7) is 9.08. The Hall–Kier alpha value is -2.57. The molecule has 0 saturated carbocycles. The molecule has 1 unspecified atom stereocenters. The van der Waals surface area contributed by atoms with E-state index in [2.05, 4.69) is 17.6 Å². The lowest BCUT2D eigenvalue weighted by Gasteiger charge is -2.34. The number of para-hydroxylation sites is 1. The number of piperazine rings is 1. The summed E-state index contributed by atoms with van der Waals surface area (Å²) >= 11 is 0. The zero-order valence-corrected chi connectivity index (χ0v) is 17.2. The van der Waals surface area contributed by atoms with Crippen LogP contribution in [-0.2, 0) is 25.5 Å². The van der Waals surface area contributed by atoms with Gasteiger partial charge in [-0.05, 0) is 30.4 Å². The van der Waals surface area contributed by atoms with Gasteiger partial charge in [-0.25, -0.2) is 0 Å². The molecular weight excluding hydrogens is 358 g/mol. The van der Waals surface area contributed by atoms with Crippen molar-refractivity contribution < 1.29 is 19.1 Å². The summed E-state index contributed by atoms with van der Waals surface area (Å²) in [4.78, 5) is 38.7. The van der Waals surface area contributed by atoms with Crippen molar-refractivity contribution >= 4 is 23.5 Å². The third-order valence-electron chi connectivity index (χ3n) is 4.75. The molecule has 1 atom stereocenters. The van der Waals surface area contributed by atoms with Crippen molar-refractivity contribution in [1.29, 1.82) is 0 Å². The monoisotopic (exact) mass is 389 g/mol. The molecule has 1 aromatic rings. The molecule has 1 aromatic carbocycles. The summed E-state index contributed by atoms with van der Waals surface area (Å²) in [7, 11) is 0. The molecule has 0 aromatic heterocycles. The number of amides is 2. The molecule has 7 heteroatoms. The first-order valence-corrected chi connectivity index (χ1v) is 9.88. The molecule has 0 aliphatic carbocycles. The van der Waals surface area contributed by atoms with E-state index in [4.69, 9.17) is 4.74 Å². The number of hydrogen-bond acceptors (Lipinski definition) is 5. The van der Waals surface area contributed by atoms with Gasteiger partial charge in [0.05, 0.1) is 19.6 Å². The Labute approximate surface area is 166 Å². The Kier molecular flexibility index (Phi) is 7.84. The van der Waals surface area contributed by atoms with E-state index in [0.29, 0.717) is 19.7 Å². The maximum Gasteiger partial charge on any atom is 0.308 e. The highest BCUT2D eigenvalue weighted by Gasteiger charge is 2.35. The minimum Gasteiger partial charge on any atom is -0.465 e. The minimum atomic E-state index is -0.828. The van der Waals surface area contributed by atoms with Crippen LogP contribution < -0.4 is 10.6 Å². The number of aryl methyl sites for hydroxylation is 2. The molecule has 2 N–H and O–H groups in total. The van der Waals surface area contributed by atoms with Gasteiger partial charge in [-0.15, -0.1) is 0 Å². The van der Waals surface area contributed by atoms with Crippen LogP contribution in [0.5, 0.6) is 0 Å². The lowest BCUT2D eigenvalue weighted by Crippen LogP contribution is -2.58. The van der Waals surface area contributed by atoms with Crippen LogP contribution in [0.3, 0.4) is 0 Å². The number of carbonyl (C=O) groups is 3. The number of carbonyl (C=O) groups excluding carboxylic acids is 3. The van der Waals surface area contributed by atoms with Crippen LogP contribution in [-0.4, -0.2) is 55.0 Å². The number of nitrogens with one attached hydrogen (secondary N) is 2. The molecule has 0 spiro atoms. The van der Waals surface area contributed by atoms with Crippen LogP contribution in [0.25, 0.3) is 0 Å². The number of rotatable bonds is 8. The molecule has 0 radical (unpaired) electrons. The predicted octanol–water partition coefficient (Wildman–Crippen LogP) is 1.89. The summed E-state index contributed by atoms with van der Waals surface area (Å²) in [5.41, 5.74) is 3.16. The van der Waals surface area contributed by atoms with Crippen LogP contribution in [0, 0.1) is 12.8 Å². The molecule has 1 aliphatic heterocycles. The third kappa shape index (κ3) is 5.71. The normalized spacial score (nSPS) is 16.7. The number of ether oxygens (including phenoxy) is 1. The van der Waals surface area contributed by atoms with Crippen molar-refractivity contribution in [2.45, 2.75) is 46.6 Å². The molecule has 7 nitrogen and oxygen atoms in total. The van der Waals surface area contributed by atoms with E-state index in [1.807, 2.05) is 39.0 Å². The molecule has 154 valence electrons. The summed E-state index contributed by atoms with van der Waals surface area (Å²) in [5, 5.41) is 5.95. The van der Waals surface area contributed by atoms with Crippen LogP contribution in [0.4, 0.5) is 5.69 Å². The quantitative estimate of drug-likeness (QED) is 0.663. The second kappa shape index (κ2) is 10.1. The minimum absolute atomic E-state index is 0.0721. The van der Waals surface area contributed by atoms with Crippen LogP contribution >= 0.6 is 0 Å². The molecule has 2 rings (SSSR count). The van der Waals surface area contributed by atoms with E-state index in [1.165, 1.54) is 4.90 Å². The SMILES string of the molecule is CCc1cccc(C)c1NCC(=O)N1CCNC(=O)C1CC(=O)OCC(C)C. The molecule has 1 aliphatic rings. The van der Waals surface area contributed by atoms with Crippen molar-refractivity contribution in [2.24, 2.45) is 5.92 Å². The van der Waals surface area contributed by atoms with Gasteiger partial charge in [0.25, 0.3) is 0 Å². The van der Waals surface area contributed by atoms with Crippen molar-refractivity contribution in [2.75, 3.05) is 31.6 Å². The van der Waals surface area contributed by atoms with Gasteiger partial charge in [0, 0.05) is 18.8 Å². The maximum absolute atomic E-state index is 12.8. The molecular formula is C21H31N3O4. The van der Waals surface area contributed by atoms with Crippen LogP contribution in [0.15, 0.2) is 18.2 Å². The lowest BCUT2D eigenvalue weighted by molar-refractivity contribution is -0.152. The van der Waals surface area contributed by atoms with E-state index in [0.717, 1.165) is 23.2 Å². The summed E-state index contributed by atoms with van der Waals surface area (Å²) < 4.78 is 5.19. The molecule has 28 heavy (non-hydrogen) atoms. The van der Waals surface area contributed by atoms with E-state index < -0.39 is 12.0 Å². The fraction of sp³-hybridized carbons (Fsp3) is 0.571. The van der Waals surface area contributed by atoms with E-state index in [1.54, 1.807) is 0 Å². The Morgan fingerprint density at radius 1 is 1.36 bits per heavy atom. The van der Waals surface area contributed by atoms with Gasteiger partial charge in [0.1, 0.15) is 6.04 Å². The number of nitrogens with zero attached hydrogens (tertiary/aromatic N) is 1. The van der Waals surface area contributed by atoms with Gasteiger partial charge in [-0.2, -0.15) is 0 Å². The lowest BCUT2D eigenvalue weighted by atomic mass is 10.1. The number of benzene rings is 1. The first-order chi connectivity index (χ1) is 13.3. The van der Waals surface area contributed by atoms with Gasteiger partial charge >= 0.3 is 5.97 Å². The standard InChI is InChI=1S/C21H31N3O4/c1-5-16-8-6-7-15(4)20(16)23-12-18(25)24-10-9-22-21(27)17(24)11-19(26)28-13-14(2)3/h6-8,14,17,23H,5,9-13H2,1-4H3,(H,22,27). The topological polar surface area (TPSA) is 87.7 Å². The van der Waals surface area contributed by atoms with Gasteiger partial charge in [-0.3, -0.25) is 14.4 Å². The highest BCUT2D eigenvalue weighted by Crippen LogP contribution is 2.21. The predicted molar refractivity (Wildman–Crippen MR) is 108 cm³/mol. The highest BCUT2D eigenvalue weighted by atomic mass is 16.5. The van der Waals surface area contributed by atoms with Crippen molar-refractivity contribution in [3.05, 3.63) is 29.3 Å². The summed E-state index contributed by atoms with van der Waals surface area (Å²) in [6, 6.07) is 5.19. The Morgan fingerprint density at radius 2 is 2.11 bits per heavy atom. The highest BCUT2D eigenvalue weighted by molar-refractivity contribution is 5.93. The first kappa shape index (κ1) is 21.7. The van der Waals surface area contributed by atoms with E-state index in [-0.39, 0.29) is 30.7 Å². The zero-order chi connectivity index (χ0) is 20.7. The second-order valence-electron chi connectivity index (χ2n) is 7.49. The smallest absolute Gasteiger partial charge is 0.308 e. The van der Waals surface area contributed by atoms with E-state index >= 15 is 0 Å². The summed E-state index contributed by atoms with van der Waals surface area (Å²) in [6.07, 6.45) is 0.726. The van der Waals surface area contributed by atoms with Gasteiger partial charge < -0.3 is 20.3 Å². The van der Waals surface area contributed by atoms with Crippen LogP contribution in [0.1, 0.15) is 38.3 Å². The fourth-order valence-electron chi connectivity index (χ4n) is 3.23. The average molecular weight is 389 g/mol. The van der Waals surface area contributed by atoms with Gasteiger partial charge in [0.2, 0.25) is 11.8 Å². The third-order valence-corrected chi connectivity index (χ3v) is 4.75. The largest absolute Gasteiger partial charge is 0.465 e. The molecule has 2 amide bonds. The zero-order valence-electron chi connectivity index (χ0n) is 17.2. The number of hydrogen-bond donors (Lipinski definition) is 2. The van der Waals surface area contributed by atoms with Gasteiger partial charge in [-0.1, -0.05) is 39.0 Å². The number of anilines is 1.